The molecule has 0 aromatic heterocycles. The summed E-state index contributed by atoms with van der Waals surface area (Å²) >= 11 is 1.39. The highest BCUT2D eigenvalue weighted by Crippen LogP contribution is 2.37. The van der Waals surface area contributed by atoms with E-state index in [1.165, 1.54) is 17.3 Å². The summed E-state index contributed by atoms with van der Waals surface area (Å²) in [7, 11) is 1.61. The normalized spacial score (nSPS) is 16.9. The van der Waals surface area contributed by atoms with Crippen LogP contribution in [0.2, 0.25) is 0 Å². The van der Waals surface area contributed by atoms with Crippen molar-refractivity contribution < 1.29 is 14.3 Å². The van der Waals surface area contributed by atoms with Crippen molar-refractivity contribution >= 4 is 34.6 Å². The van der Waals surface area contributed by atoms with Crippen molar-refractivity contribution in [1.29, 1.82) is 0 Å². The van der Waals surface area contributed by atoms with Crippen molar-refractivity contribution in [2.45, 2.75) is 46.8 Å². The van der Waals surface area contributed by atoms with Crippen LogP contribution in [0.25, 0.3) is 6.08 Å². The van der Waals surface area contributed by atoms with Crippen LogP contribution in [0.5, 0.6) is 11.5 Å². The minimum absolute atomic E-state index is 0.0106. The lowest BCUT2D eigenvalue weighted by molar-refractivity contribution is -0.123. The molecule has 6 heteroatoms. The van der Waals surface area contributed by atoms with Gasteiger partial charge in [-0.15, -0.1) is 0 Å². The predicted octanol–water partition coefficient (Wildman–Crippen LogP) is 5.80. The molecule has 0 atom stereocenters. The summed E-state index contributed by atoms with van der Waals surface area (Å²) in [5.41, 5.74) is 2.88. The maximum absolute atomic E-state index is 13.1. The fraction of sp³-hybridized carbons (Fsp3) is 0.333. The van der Waals surface area contributed by atoms with Gasteiger partial charge in [0.1, 0.15) is 0 Å². The number of amidine groups is 1. The summed E-state index contributed by atoms with van der Waals surface area (Å²) in [5.74, 6) is 1.29. The molecule has 0 bridgehead atoms. The zero-order valence-electron chi connectivity index (χ0n) is 18.3. The molecule has 0 radical (unpaired) electrons. The van der Waals surface area contributed by atoms with Crippen LogP contribution >= 0.6 is 11.8 Å². The van der Waals surface area contributed by atoms with Gasteiger partial charge in [-0.1, -0.05) is 23.8 Å². The first kappa shape index (κ1) is 22.0. The standard InChI is InChI=1S/C24H28N2O3S/c1-15(2)26-23(27)22(30-24(26)25-19-10-7-17(5)8-11-19)14-18-9-12-20(29-16(3)4)21(13-18)28-6/h7-16H,1-6H3/b22-14+,25-24?. The van der Waals surface area contributed by atoms with E-state index in [-0.39, 0.29) is 18.1 Å². The van der Waals surface area contributed by atoms with Crippen LogP contribution in [-0.4, -0.2) is 35.2 Å². The third kappa shape index (κ3) is 5.05. The quantitative estimate of drug-likeness (QED) is 0.550. The molecule has 1 heterocycles. The highest BCUT2D eigenvalue weighted by atomic mass is 32.2. The minimum Gasteiger partial charge on any atom is -0.493 e. The number of ether oxygens (including phenoxy) is 2. The Labute approximate surface area is 182 Å². The van der Waals surface area contributed by atoms with Crippen LogP contribution in [0.1, 0.15) is 38.8 Å². The van der Waals surface area contributed by atoms with Crippen LogP contribution in [0.3, 0.4) is 0 Å². The summed E-state index contributed by atoms with van der Waals surface area (Å²) in [6, 6.07) is 13.7. The van der Waals surface area contributed by atoms with Crippen molar-refractivity contribution in [2.75, 3.05) is 7.11 Å². The van der Waals surface area contributed by atoms with Gasteiger partial charge in [-0.05, 0) is 82.3 Å². The number of aryl methyl sites for hydroxylation is 1. The number of rotatable bonds is 6. The van der Waals surface area contributed by atoms with Crippen LogP contribution in [0, 0.1) is 6.92 Å². The third-order valence-corrected chi connectivity index (χ3v) is 5.44. The number of carbonyl (C=O) groups excluding carboxylic acids is 1. The van der Waals surface area contributed by atoms with Crippen molar-refractivity contribution in [3.05, 3.63) is 58.5 Å². The maximum Gasteiger partial charge on any atom is 0.266 e. The molecule has 1 amide bonds. The summed E-state index contributed by atoms with van der Waals surface area (Å²) in [6.07, 6.45) is 1.93. The van der Waals surface area contributed by atoms with Gasteiger partial charge in [-0.25, -0.2) is 4.99 Å². The highest BCUT2D eigenvalue weighted by Gasteiger charge is 2.35. The Morgan fingerprint density at radius 3 is 2.33 bits per heavy atom. The van der Waals surface area contributed by atoms with E-state index in [9.17, 15) is 4.79 Å². The van der Waals surface area contributed by atoms with Gasteiger partial charge in [0, 0.05) is 6.04 Å². The summed E-state index contributed by atoms with van der Waals surface area (Å²) < 4.78 is 11.2. The lowest BCUT2D eigenvalue weighted by Crippen LogP contribution is -2.35. The highest BCUT2D eigenvalue weighted by molar-refractivity contribution is 8.18. The number of methoxy groups -OCH3 is 1. The number of aliphatic imine (C=N–C) groups is 1. The molecule has 2 aromatic rings. The number of hydrogen-bond donors (Lipinski definition) is 0. The molecule has 2 aromatic carbocycles. The number of thioether (sulfide) groups is 1. The Morgan fingerprint density at radius 1 is 1.03 bits per heavy atom. The molecule has 1 saturated heterocycles. The van der Waals surface area contributed by atoms with Gasteiger partial charge in [0.2, 0.25) is 0 Å². The van der Waals surface area contributed by atoms with Crippen LogP contribution < -0.4 is 9.47 Å². The summed E-state index contributed by atoms with van der Waals surface area (Å²) in [5, 5.41) is 0.692. The average molecular weight is 425 g/mol. The van der Waals surface area contributed by atoms with Gasteiger partial charge >= 0.3 is 0 Å². The number of carbonyl (C=O) groups is 1. The van der Waals surface area contributed by atoms with Crippen molar-refractivity contribution in [3.63, 3.8) is 0 Å². The summed E-state index contributed by atoms with van der Waals surface area (Å²) in [4.78, 5) is 20.2. The maximum atomic E-state index is 13.1. The molecule has 0 unspecified atom stereocenters. The van der Waals surface area contributed by atoms with E-state index in [0.29, 0.717) is 21.6 Å². The second-order valence-electron chi connectivity index (χ2n) is 7.69. The van der Waals surface area contributed by atoms with Gasteiger partial charge in [0.25, 0.3) is 5.91 Å². The van der Waals surface area contributed by atoms with E-state index in [0.717, 1.165) is 11.3 Å². The predicted molar refractivity (Wildman–Crippen MR) is 125 cm³/mol. The van der Waals surface area contributed by atoms with Gasteiger partial charge in [-0.2, -0.15) is 0 Å². The largest absolute Gasteiger partial charge is 0.493 e. The van der Waals surface area contributed by atoms with E-state index in [4.69, 9.17) is 14.5 Å². The molecule has 3 rings (SSSR count). The van der Waals surface area contributed by atoms with E-state index in [1.807, 2.05) is 83.2 Å². The van der Waals surface area contributed by atoms with Crippen LogP contribution in [-0.2, 0) is 4.79 Å². The fourth-order valence-corrected chi connectivity index (χ4v) is 4.15. The van der Waals surface area contributed by atoms with Gasteiger partial charge in [-0.3, -0.25) is 9.69 Å². The second kappa shape index (κ2) is 9.39. The molecular weight excluding hydrogens is 396 g/mol. The van der Waals surface area contributed by atoms with E-state index in [1.54, 1.807) is 12.0 Å². The molecular formula is C24H28N2O3S. The Morgan fingerprint density at radius 2 is 1.73 bits per heavy atom. The summed E-state index contributed by atoms with van der Waals surface area (Å²) in [6.45, 7) is 9.97. The first-order chi connectivity index (χ1) is 14.3. The fourth-order valence-electron chi connectivity index (χ4n) is 3.03. The van der Waals surface area contributed by atoms with Crippen molar-refractivity contribution in [3.8, 4) is 11.5 Å². The van der Waals surface area contributed by atoms with Gasteiger partial charge < -0.3 is 9.47 Å². The number of amides is 1. The lowest BCUT2D eigenvalue weighted by Gasteiger charge is -2.19. The first-order valence-corrected chi connectivity index (χ1v) is 10.8. The number of nitrogens with zero attached hydrogens (tertiary/aromatic N) is 2. The molecule has 1 aliphatic rings. The third-order valence-electron chi connectivity index (χ3n) is 4.46. The van der Waals surface area contributed by atoms with Crippen LogP contribution in [0.15, 0.2) is 52.4 Å². The molecule has 0 aliphatic carbocycles. The SMILES string of the molecule is COc1cc(/C=C2/SC(=Nc3ccc(C)cc3)N(C(C)C)C2=O)ccc1OC(C)C. The molecule has 30 heavy (non-hydrogen) atoms. The molecule has 0 N–H and O–H groups in total. The van der Waals surface area contributed by atoms with Gasteiger partial charge in [0.15, 0.2) is 16.7 Å². The Kier molecular flexibility index (Phi) is 6.87. The lowest BCUT2D eigenvalue weighted by atomic mass is 10.1. The molecule has 158 valence electrons. The van der Waals surface area contributed by atoms with E-state index >= 15 is 0 Å². The second-order valence-corrected chi connectivity index (χ2v) is 8.70. The Balaban J connectivity index is 1.93. The molecule has 1 fully saturated rings. The Hall–Kier alpha value is -2.73. The Bertz CT molecular complexity index is 978. The zero-order chi connectivity index (χ0) is 21.8. The first-order valence-electron chi connectivity index (χ1n) is 10.0. The molecule has 5 nitrogen and oxygen atoms in total. The monoisotopic (exact) mass is 424 g/mol. The molecule has 1 aliphatic heterocycles. The van der Waals surface area contributed by atoms with Gasteiger partial charge in [0.05, 0.1) is 23.8 Å². The topological polar surface area (TPSA) is 51.1 Å². The van der Waals surface area contributed by atoms with Crippen LogP contribution in [0.4, 0.5) is 5.69 Å². The van der Waals surface area contributed by atoms with Crippen molar-refractivity contribution in [1.82, 2.24) is 4.90 Å². The average Bonchev–Trinajstić information content (AvgIpc) is 2.99. The minimum atomic E-state index is -0.0395. The van der Waals surface area contributed by atoms with Crippen molar-refractivity contribution in [2.24, 2.45) is 4.99 Å². The molecule has 0 spiro atoms. The number of benzene rings is 2. The van der Waals surface area contributed by atoms with E-state index in [2.05, 4.69) is 0 Å². The molecule has 0 saturated carbocycles. The zero-order valence-corrected chi connectivity index (χ0v) is 19.1. The van der Waals surface area contributed by atoms with E-state index < -0.39 is 0 Å². The number of hydrogen-bond acceptors (Lipinski definition) is 5. The smallest absolute Gasteiger partial charge is 0.266 e.